The maximum absolute atomic E-state index is 6.74. The highest BCUT2D eigenvalue weighted by Crippen LogP contribution is 2.41. The molecule has 1 heterocycles. The van der Waals surface area contributed by atoms with E-state index >= 15 is 0 Å². The van der Waals surface area contributed by atoms with Crippen LogP contribution >= 0.6 is 0 Å². The van der Waals surface area contributed by atoms with E-state index in [2.05, 4.69) is 49.2 Å². The van der Waals surface area contributed by atoms with Gasteiger partial charge in [-0.25, -0.2) is 0 Å². The molecule has 1 aromatic heterocycles. The van der Waals surface area contributed by atoms with Crippen molar-refractivity contribution in [1.29, 1.82) is 0 Å². The molecule has 2 nitrogen and oxygen atoms in total. The Morgan fingerprint density at radius 2 is 1.95 bits per heavy atom. The Kier molecular flexibility index (Phi) is 3.35. The van der Waals surface area contributed by atoms with E-state index in [1.165, 1.54) is 28.8 Å². The molecular formula is C18H22N2. The predicted molar refractivity (Wildman–Crippen MR) is 82.6 cm³/mol. The summed E-state index contributed by atoms with van der Waals surface area (Å²) in [6, 6.07) is 12.8. The van der Waals surface area contributed by atoms with E-state index in [1.807, 2.05) is 12.3 Å². The van der Waals surface area contributed by atoms with Crippen LogP contribution in [0, 0.1) is 6.92 Å². The Morgan fingerprint density at radius 3 is 2.70 bits per heavy atom. The molecular weight excluding hydrogens is 244 g/mol. The molecule has 0 saturated carbocycles. The first-order chi connectivity index (χ1) is 9.59. The molecule has 0 radical (unpaired) electrons. The van der Waals surface area contributed by atoms with Crippen LogP contribution in [0.25, 0.3) is 0 Å². The highest BCUT2D eigenvalue weighted by atomic mass is 14.8. The lowest BCUT2D eigenvalue weighted by atomic mass is 9.72. The molecule has 104 valence electrons. The Labute approximate surface area is 121 Å². The standard InChI is InChI=1S/C18H22N2/c1-13-8-10-15(11-9-13)18(2,19)16-7-3-5-14-6-4-12-20-17(14)16/h4,6,8-12,16H,3,5,7,19H2,1-2H3. The lowest BCUT2D eigenvalue weighted by Crippen LogP contribution is -2.41. The molecule has 0 aliphatic heterocycles. The third-order valence-corrected chi connectivity index (χ3v) is 4.59. The van der Waals surface area contributed by atoms with Crippen LogP contribution < -0.4 is 5.73 Å². The first kappa shape index (κ1) is 13.3. The fourth-order valence-electron chi connectivity index (χ4n) is 3.31. The Balaban J connectivity index is 2.02. The third-order valence-electron chi connectivity index (χ3n) is 4.59. The molecule has 3 rings (SSSR count). The van der Waals surface area contributed by atoms with Crippen LogP contribution in [-0.4, -0.2) is 4.98 Å². The van der Waals surface area contributed by atoms with Gasteiger partial charge >= 0.3 is 0 Å². The topological polar surface area (TPSA) is 38.9 Å². The summed E-state index contributed by atoms with van der Waals surface area (Å²) in [5.41, 5.74) is 11.4. The minimum atomic E-state index is -0.364. The second-order valence-corrected chi connectivity index (χ2v) is 6.14. The molecule has 1 aromatic carbocycles. The maximum atomic E-state index is 6.74. The molecule has 0 spiro atoms. The molecule has 0 fully saturated rings. The van der Waals surface area contributed by atoms with E-state index < -0.39 is 0 Å². The highest BCUT2D eigenvalue weighted by Gasteiger charge is 2.36. The predicted octanol–water partition coefficient (Wildman–Crippen LogP) is 3.68. The van der Waals surface area contributed by atoms with Gasteiger partial charge in [-0.3, -0.25) is 4.98 Å². The number of rotatable bonds is 2. The monoisotopic (exact) mass is 266 g/mol. The van der Waals surface area contributed by atoms with E-state index in [9.17, 15) is 0 Å². The lowest BCUT2D eigenvalue weighted by molar-refractivity contribution is 0.341. The van der Waals surface area contributed by atoms with Gasteiger partial charge in [0, 0.05) is 23.3 Å². The highest BCUT2D eigenvalue weighted by molar-refractivity contribution is 5.35. The van der Waals surface area contributed by atoms with Crippen molar-refractivity contribution in [3.63, 3.8) is 0 Å². The Bertz CT molecular complexity index is 599. The van der Waals surface area contributed by atoms with Crippen molar-refractivity contribution in [1.82, 2.24) is 4.98 Å². The number of nitrogens with two attached hydrogens (primary N) is 1. The molecule has 2 N–H and O–H groups in total. The van der Waals surface area contributed by atoms with Gasteiger partial charge in [-0.05, 0) is 50.3 Å². The van der Waals surface area contributed by atoms with E-state index in [0.29, 0.717) is 5.92 Å². The first-order valence-electron chi connectivity index (χ1n) is 7.39. The second-order valence-electron chi connectivity index (χ2n) is 6.14. The van der Waals surface area contributed by atoms with Crippen LogP contribution in [0.5, 0.6) is 0 Å². The summed E-state index contributed by atoms with van der Waals surface area (Å²) < 4.78 is 0. The molecule has 2 heteroatoms. The quantitative estimate of drug-likeness (QED) is 0.900. The summed E-state index contributed by atoms with van der Waals surface area (Å²) >= 11 is 0. The molecule has 0 saturated heterocycles. The SMILES string of the molecule is Cc1ccc(C(C)(N)C2CCCc3cccnc32)cc1. The molecule has 1 aliphatic rings. The summed E-state index contributed by atoms with van der Waals surface area (Å²) in [5.74, 6) is 0.301. The molecule has 2 aromatic rings. The number of nitrogens with zero attached hydrogens (tertiary/aromatic N) is 1. The zero-order valence-corrected chi connectivity index (χ0v) is 12.3. The van der Waals surface area contributed by atoms with Crippen LogP contribution in [0.3, 0.4) is 0 Å². The summed E-state index contributed by atoms with van der Waals surface area (Å²) in [4.78, 5) is 4.63. The van der Waals surface area contributed by atoms with Crippen LogP contribution in [0.4, 0.5) is 0 Å². The van der Waals surface area contributed by atoms with Gasteiger partial charge in [0.1, 0.15) is 0 Å². The zero-order valence-electron chi connectivity index (χ0n) is 12.3. The van der Waals surface area contributed by atoms with Gasteiger partial charge in [0.05, 0.1) is 0 Å². The molecule has 1 aliphatic carbocycles. The largest absolute Gasteiger partial charge is 0.321 e. The van der Waals surface area contributed by atoms with Crippen LogP contribution in [0.15, 0.2) is 42.6 Å². The van der Waals surface area contributed by atoms with E-state index in [0.717, 1.165) is 12.8 Å². The van der Waals surface area contributed by atoms with Crippen molar-refractivity contribution in [3.8, 4) is 0 Å². The minimum Gasteiger partial charge on any atom is -0.321 e. The second kappa shape index (κ2) is 5.02. The summed E-state index contributed by atoms with van der Waals surface area (Å²) in [7, 11) is 0. The molecule has 2 unspecified atom stereocenters. The molecule has 20 heavy (non-hydrogen) atoms. The first-order valence-corrected chi connectivity index (χ1v) is 7.39. The van der Waals surface area contributed by atoms with Crippen molar-refractivity contribution in [3.05, 3.63) is 65.0 Å². The summed E-state index contributed by atoms with van der Waals surface area (Å²) in [6.45, 7) is 4.25. The fraction of sp³-hybridized carbons (Fsp3) is 0.389. The van der Waals surface area contributed by atoms with Gasteiger partial charge in [0.25, 0.3) is 0 Å². The van der Waals surface area contributed by atoms with Crippen molar-refractivity contribution in [2.45, 2.75) is 44.6 Å². The third kappa shape index (κ3) is 2.25. The van der Waals surface area contributed by atoms with Crippen molar-refractivity contribution in [2.24, 2.45) is 5.73 Å². The van der Waals surface area contributed by atoms with E-state index in [4.69, 9.17) is 5.73 Å². The zero-order chi connectivity index (χ0) is 14.2. The van der Waals surface area contributed by atoms with E-state index in [-0.39, 0.29) is 5.54 Å². The van der Waals surface area contributed by atoms with Gasteiger partial charge in [-0.1, -0.05) is 35.9 Å². The summed E-state index contributed by atoms with van der Waals surface area (Å²) in [5, 5.41) is 0. The molecule has 0 bridgehead atoms. The average molecular weight is 266 g/mol. The van der Waals surface area contributed by atoms with Crippen LogP contribution in [0.1, 0.15) is 48.1 Å². The van der Waals surface area contributed by atoms with Gasteiger partial charge in [0.2, 0.25) is 0 Å². The number of aryl methyl sites for hydroxylation is 2. The normalized spacial score (nSPS) is 21.1. The van der Waals surface area contributed by atoms with E-state index in [1.54, 1.807) is 0 Å². The van der Waals surface area contributed by atoms with Crippen molar-refractivity contribution in [2.75, 3.05) is 0 Å². The number of pyridine rings is 1. The van der Waals surface area contributed by atoms with Gasteiger partial charge in [-0.15, -0.1) is 0 Å². The number of aromatic nitrogens is 1. The number of hydrogen-bond acceptors (Lipinski definition) is 2. The minimum absolute atomic E-state index is 0.301. The Morgan fingerprint density at radius 1 is 1.20 bits per heavy atom. The lowest BCUT2D eigenvalue weighted by Gasteiger charge is -2.37. The number of hydrogen-bond donors (Lipinski definition) is 1. The van der Waals surface area contributed by atoms with Gasteiger partial charge in [0.15, 0.2) is 0 Å². The van der Waals surface area contributed by atoms with Crippen molar-refractivity contribution >= 4 is 0 Å². The Hall–Kier alpha value is -1.67. The molecule has 2 atom stereocenters. The fourth-order valence-corrected chi connectivity index (χ4v) is 3.31. The van der Waals surface area contributed by atoms with Gasteiger partial charge < -0.3 is 5.73 Å². The molecule has 0 amide bonds. The maximum Gasteiger partial charge on any atom is 0.0488 e. The van der Waals surface area contributed by atoms with Crippen molar-refractivity contribution < 1.29 is 0 Å². The van der Waals surface area contributed by atoms with Gasteiger partial charge in [-0.2, -0.15) is 0 Å². The number of benzene rings is 1. The smallest absolute Gasteiger partial charge is 0.0488 e. The van der Waals surface area contributed by atoms with Crippen LogP contribution in [-0.2, 0) is 12.0 Å². The van der Waals surface area contributed by atoms with Crippen LogP contribution in [0.2, 0.25) is 0 Å². The summed E-state index contributed by atoms with van der Waals surface area (Å²) in [6.07, 6.45) is 5.33. The number of fused-ring (bicyclic) bond motifs is 1. The average Bonchev–Trinajstić information content (AvgIpc) is 2.47.